The van der Waals surface area contributed by atoms with Crippen LogP contribution in [0.2, 0.25) is 0 Å². The van der Waals surface area contributed by atoms with Gasteiger partial charge in [-0.15, -0.1) is 11.3 Å². The third-order valence-corrected chi connectivity index (χ3v) is 5.41. The molecule has 0 aliphatic heterocycles. The molecule has 0 saturated heterocycles. The minimum absolute atomic E-state index is 0.613. The van der Waals surface area contributed by atoms with Crippen LogP contribution in [0.3, 0.4) is 0 Å². The lowest BCUT2D eigenvalue weighted by Crippen LogP contribution is -2.15. The van der Waals surface area contributed by atoms with Gasteiger partial charge in [0.05, 0.1) is 0 Å². The highest BCUT2D eigenvalue weighted by Crippen LogP contribution is 2.35. The minimum atomic E-state index is 0.613. The molecule has 1 aliphatic rings. The van der Waals surface area contributed by atoms with E-state index in [-0.39, 0.29) is 0 Å². The molecular weight excluding hydrogens is 262 g/mol. The van der Waals surface area contributed by atoms with Crippen molar-refractivity contribution in [3.63, 3.8) is 0 Å². The minimum Gasteiger partial charge on any atom is -0.309 e. The molecule has 1 fully saturated rings. The van der Waals surface area contributed by atoms with Gasteiger partial charge in [0.1, 0.15) is 0 Å². The van der Waals surface area contributed by atoms with Gasteiger partial charge in [-0.1, -0.05) is 33.3 Å². The van der Waals surface area contributed by atoms with Crippen molar-refractivity contribution < 1.29 is 0 Å². The molecule has 1 nitrogen and oxygen atoms in total. The van der Waals surface area contributed by atoms with Gasteiger partial charge in [0, 0.05) is 22.2 Å². The highest BCUT2D eigenvalue weighted by molar-refractivity contribution is 7.19. The van der Waals surface area contributed by atoms with E-state index in [1.54, 1.807) is 10.4 Å². The molecule has 0 atom stereocenters. The molecule has 2 aromatic rings. The first-order valence-electron chi connectivity index (χ1n) is 7.96. The van der Waals surface area contributed by atoms with Crippen molar-refractivity contribution in [3.8, 4) is 0 Å². The fraction of sp³-hybridized carbons (Fsp3) is 0.556. The van der Waals surface area contributed by atoms with Gasteiger partial charge in [0.2, 0.25) is 0 Å². The highest BCUT2D eigenvalue weighted by atomic mass is 32.1. The average Bonchev–Trinajstić information content (AvgIpc) is 3.20. The first-order valence-corrected chi connectivity index (χ1v) is 8.78. The smallest absolute Gasteiger partial charge is 0.0349 e. The zero-order valence-corrected chi connectivity index (χ0v) is 13.6. The van der Waals surface area contributed by atoms with Crippen molar-refractivity contribution in [2.75, 3.05) is 0 Å². The van der Waals surface area contributed by atoms with Crippen molar-refractivity contribution in [2.24, 2.45) is 0 Å². The Morgan fingerprint density at radius 3 is 2.75 bits per heavy atom. The lowest BCUT2D eigenvalue weighted by atomic mass is 9.98. The summed E-state index contributed by atoms with van der Waals surface area (Å²) >= 11 is 1.99. The second-order valence-corrected chi connectivity index (χ2v) is 7.46. The molecule has 1 aromatic carbocycles. The molecule has 1 heterocycles. The van der Waals surface area contributed by atoms with E-state index in [2.05, 4.69) is 44.3 Å². The summed E-state index contributed by atoms with van der Waals surface area (Å²) in [6.07, 6.45) is 5.18. The van der Waals surface area contributed by atoms with E-state index in [9.17, 15) is 0 Å². The predicted octanol–water partition coefficient (Wildman–Crippen LogP) is 5.23. The molecular formula is C18H25NS. The van der Waals surface area contributed by atoms with Crippen LogP contribution in [0.4, 0.5) is 0 Å². The SMILES string of the molecule is CCCc1c(CNC2CC2)sc2ccc(C(C)C)cc12. The molecule has 20 heavy (non-hydrogen) atoms. The van der Waals surface area contributed by atoms with Crippen molar-refractivity contribution in [2.45, 2.75) is 65.0 Å². The topological polar surface area (TPSA) is 12.0 Å². The Morgan fingerprint density at radius 1 is 1.30 bits per heavy atom. The van der Waals surface area contributed by atoms with Crippen molar-refractivity contribution in [1.29, 1.82) is 0 Å². The lowest BCUT2D eigenvalue weighted by molar-refractivity contribution is 0.690. The fourth-order valence-corrected chi connectivity index (χ4v) is 3.95. The maximum atomic E-state index is 3.68. The summed E-state index contributed by atoms with van der Waals surface area (Å²) < 4.78 is 1.46. The van der Waals surface area contributed by atoms with Gasteiger partial charge < -0.3 is 5.32 Å². The van der Waals surface area contributed by atoms with Crippen LogP contribution >= 0.6 is 11.3 Å². The predicted molar refractivity (Wildman–Crippen MR) is 89.8 cm³/mol. The summed E-state index contributed by atoms with van der Waals surface area (Å²) in [6.45, 7) is 7.91. The number of hydrogen-bond acceptors (Lipinski definition) is 2. The van der Waals surface area contributed by atoms with E-state index in [0.717, 1.165) is 12.6 Å². The number of aryl methyl sites for hydroxylation is 1. The molecule has 0 bridgehead atoms. The maximum absolute atomic E-state index is 3.68. The van der Waals surface area contributed by atoms with Crippen LogP contribution in [0, 0.1) is 0 Å². The maximum Gasteiger partial charge on any atom is 0.0349 e. The van der Waals surface area contributed by atoms with Crippen LogP contribution in [-0.4, -0.2) is 6.04 Å². The van der Waals surface area contributed by atoms with Crippen LogP contribution in [0.5, 0.6) is 0 Å². The quantitative estimate of drug-likeness (QED) is 0.767. The van der Waals surface area contributed by atoms with Gasteiger partial charge in [0.25, 0.3) is 0 Å². The molecule has 0 unspecified atom stereocenters. The Labute approximate surface area is 126 Å². The van der Waals surface area contributed by atoms with Crippen molar-refractivity contribution in [3.05, 3.63) is 34.2 Å². The summed E-state index contributed by atoms with van der Waals surface area (Å²) in [5, 5.41) is 5.19. The molecule has 0 radical (unpaired) electrons. The zero-order valence-electron chi connectivity index (χ0n) is 12.8. The second-order valence-electron chi connectivity index (χ2n) is 6.32. The van der Waals surface area contributed by atoms with E-state index in [1.807, 2.05) is 11.3 Å². The molecule has 2 heteroatoms. The number of thiophene rings is 1. The number of hydrogen-bond donors (Lipinski definition) is 1. The lowest BCUT2D eigenvalue weighted by Gasteiger charge is -2.07. The Bertz CT molecular complexity index is 593. The van der Waals surface area contributed by atoms with Crippen molar-refractivity contribution >= 4 is 21.4 Å². The molecule has 3 rings (SSSR count). The molecule has 0 spiro atoms. The standard InChI is InChI=1S/C18H25NS/c1-4-5-15-16-10-13(12(2)3)6-9-17(16)20-18(15)11-19-14-7-8-14/h6,9-10,12,14,19H,4-5,7-8,11H2,1-3H3. The second kappa shape index (κ2) is 5.87. The van der Waals surface area contributed by atoms with Crippen LogP contribution in [0.15, 0.2) is 18.2 Å². The van der Waals surface area contributed by atoms with E-state index in [1.165, 1.54) is 41.3 Å². The van der Waals surface area contributed by atoms with Crippen LogP contribution in [-0.2, 0) is 13.0 Å². The van der Waals surface area contributed by atoms with Crippen LogP contribution < -0.4 is 5.32 Å². The fourth-order valence-electron chi connectivity index (χ4n) is 2.77. The summed E-state index contributed by atoms with van der Waals surface area (Å²) in [7, 11) is 0. The number of fused-ring (bicyclic) bond motifs is 1. The third kappa shape index (κ3) is 2.91. The summed E-state index contributed by atoms with van der Waals surface area (Å²) in [6, 6.07) is 7.86. The summed E-state index contributed by atoms with van der Waals surface area (Å²) in [4.78, 5) is 1.56. The number of rotatable bonds is 6. The molecule has 1 saturated carbocycles. The summed E-state index contributed by atoms with van der Waals surface area (Å²) in [5.74, 6) is 0.613. The van der Waals surface area contributed by atoms with Gasteiger partial charge in [-0.3, -0.25) is 0 Å². The Hall–Kier alpha value is -0.860. The average molecular weight is 287 g/mol. The monoisotopic (exact) mass is 287 g/mol. The Kier molecular flexibility index (Phi) is 4.13. The van der Waals surface area contributed by atoms with Gasteiger partial charge in [-0.25, -0.2) is 0 Å². The molecule has 1 N–H and O–H groups in total. The van der Waals surface area contributed by atoms with E-state index in [0.29, 0.717) is 5.92 Å². The van der Waals surface area contributed by atoms with Gasteiger partial charge in [-0.05, 0) is 53.8 Å². The zero-order chi connectivity index (χ0) is 14.1. The van der Waals surface area contributed by atoms with E-state index in [4.69, 9.17) is 0 Å². The summed E-state index contributed by atoms with van der Waals surface area (Å²) in [5.41, 5.74) is 3.07. The van der Waals surface area contributed by atoms with Crippen LogP contribution in [0.25, 0.3) is 10.1 Å². The molecule has 108 valence electrons. The first-order chi connectivity index (χ1) is 9.69. The molecule has 1 aromatic heterocycles. The van der Waals surface area contributed by atoms with Gasteiger partial charge >= 0.3 is 0 Å². The van der Waals surface area contributed by atoms with Gasteiger partial charge in [0.15, 0.2) is 0 Å². The third-order valence-electron chi connectivity index (χ3n) is 4.19. The van der Waals surface area contributed by atoms with E-state index < -0.39 is 0 Å². The van der Waals surface area contributed by atoms with Gasteiger partial charge in [-0.2, -0.15) is 0 Å². The molecule has 0 amide bonds. The Morgan fingerprint density at radius 2 is 2.10 bits per heavy atom. The number of benzene rings is 1. The van der Waals surface area contributed by atoms with Crippen molar-refractivity contribution in [1.82, 2.24) is 5.32 Å². The Balaban J connectivity index is 1.97. The van der Waals surface area contributed by atoms with E-state index >= 15 is 0 Å². The number of nitrogens with one attached hydrogen (secondary N) is 1. The molecule has 1 aliphatic carbocycles. The first kappa shape index (κ1) is 14.1. The highest BCUT2D eigenvalue weighted by Gasteiger charge is 2.21. The largest absolute Gasteiger partial charge is 0.309 e. The normalized spacial score (nSPS) is 15.4. The van der Waals surface area contributed by atoms with Crippen LogP contribution in [0.1, 0.15) is 62.0 Å².